The summed E-state index contributed by atoms with van der Waals surface area (Å²) in [6.45, 7) is 3.07. The first-order chi connectivity index (χ1) is 15.7. The van der Waals surface area contributed by atoms with Crippen LogP contribution in [0, 0.1) is 6.92 Å². The van der Waals surface area contributed by atoms with E-state index in [4.69, 9.17) is 4.74 Å². The van der Waals surface area contributed by atoms with Crippen molar-refractivity contribution in [1.29, 1.82) is 0 Å². The predicted molar refractivity (Wildman–Crippen MR) is 127 cm³/mol. The Morgan fingerprint density at radius 3 is 2.09 bits per heavy atom. The summed E-state index contributed by atoms with van der Waals surface area (Å²) in [4.78, 5) is 23.7. The van der Waals surface area contributed by atoms with Gasteiger partial charge in [0.1, 0.15) is 4.90 Å². The van der Waals surface area contributed by atoms with Crippen molar-refractivity contribution in [2.45, 2.75) is 23.6 Å². The first kappa shape index (κ1) is 23.8. The molecule has 8 nitrogen and oxygen atoms in total. The van der Waals surface area contributed by atoms with Gasteiger partial charge in [-0.1, -0.05) is 18.2 Å². The van der Waals surface area contributed by atoms with Crippen molar-refractivity contribution < 1.29 is 22.7 Å². The van der Waals surface area contributed by atoms with Crippen molar-refractivity contribution in [3.05, 3.63) is 72.3 Å². The lowest BCUT2D eigenvalue weighted by Crippen LogP contribution is -2.22. The number of hydrogen-bond donors (Lipinski definition) is 3. The van der Waals surface area contributed by atoms with Crippen molar-refractivity contribution in [2.24, 2.45) is 0 Å². The number of benzene rings is 3. The van der Waals surface area contributed by atoms with Crippen molar-refractivity contribution in [1.82, 2.24) is 0 Å². The van der Waals surface area contributed by atoms with Crippen molar-refractivity contribution in [2.75, 3.05) is 29.6 Å². The van der Waals surface area contributed by atoms with Gasteiger partial charge in [0.05, 0.1) is 24.2 Å². The monoisotopic (exact) mass is 467 g/mol. The number of methoxy groups -OCH3 is 1. The SMILES string of the molecule is COc1c(NCC(=O)Nc2ccc(NC(C)=O)cc2)cc(C)cc1S(=O)(=O)c1ccccc1. The Kier molecular flexibility index (Phi) is 7.34. The fourth-order valence-corrected chi connectivity index (χ4v) is 4.78. The van der Waals surface area contributed by atoms with Crippen LogP contribution in [0.25, 0.3) is 0 Å². The molecule has 172 valence electrons. The lowest BCUT2D eigenvalue weighted by atomic mass is 10.2. The third kappa shape index (κ3) is 5.89. The number of aryl methyl sites for hydroxylation is 1. The fraction of sp³-hybridized carbons (Fsp3) is 0.167. The van der Waals surface area contributed by atoms with Gasteiger partial charge in [0.2, 0.25) is 21.7 Å². The zero-order valence-corrected chi connectivity index (χ0v) is 19.3. The third-order valence-corrected chi connectivity index (χ3v) is 6.45. The molecule has 2 amide bonds. The summed E-state index contributed by atoms with van der Waals surface area (Å²) in [5.74, 6) is -0.382. The molecule has 0 atom stereocenters. The van der Waals surface area contributed by atoms with Crippen LogP contribution in [-0.4, -0.2) is 33.9 Å². The van der Waals surface area contributed by atoms with Crippen LogP contribution in [0.15, 0.2) is 76.5 Å². The van der Waals surface area contributed by atoms with Crippen LogP contribution in [0.2, 0.25) is 0 Å². The van der Waals surface area contributed by atoms with Crippen molar-refractivity contribution in [3.8, 4) is 5.75 Å². The van der Waals surface area contributed by atoms with Crippen LogP contribution in [0.3, 0.4) is 0 Å². The van der Waals surface area contributed by atoms with Gasteiger partial charge in [0.25, 0.3) is 0 Å². The van der Waals surface area contributed by atoms with Gasteiger partial charge in [-0.2, -0.15) is 0 Å². The Balaban J connectivity index is 1.77. The molecule has 9 heteroatoms. The second-order valence-corrected chi connectivity index (χ2v) is 9.24. The lowest BCUT2D eigenvalue weighted by molar-refractivity contribution is -0.115. The summed E-state index contributed by atoms with van der Waals surface area (Å²) in [6, 6.07) is 18.0. The Bertz CT molecular complexity index is 1260. The molecular formula is C24H25N3O5S. The molecule has 0 aromatic heterocycles. The maximum absolute atomic E-state index is 13.2. The van der Waals surface area contributed by atoms with E-state index in [-0.39, 0.29) is 33.9 Å². The van der Waals surface area contributed by atoms with E-state index < -0.39 is 9.84 Å². The summed E-state index contributed by atoms with van der Waals surface area (Å²) in [5.41, 5.74) is 2.26. The lowest BCUT2D eigenvalue weighted by Gasteiger charge is -2.17. The maximum atomic E-state index is 13.2. The largest absolute Gasteiger partial charge is 0.493 e. The Morgan fingerprint density at radius 2 is 1.52 bits per heavy atom. The zero-order chi connectivity index (χ0) is 24.0. The fourth-order valence-electron chi connectivity index (χ4n) is 3.23. The van der Waals surface area contributed by atoms with Crippen LogP contribution in [-0.2, 0) is 19.4 Å². The minimum atomic E-state index is -3.82. The molecule has 3 aromatic rings. The number of sulfone groups is 1. The minimum Gasteiger partial charge on any atom is -0.493 e. The van der Waals surface area contributed by atoms with E-state index in [2.05, 4.69) is 16.0 Å². The summed E-state index contributed by atoms with van der Waals surface area (Å²) in [6.07, 6.45) is 0. The number of rotatable bonds is 8. The van der Waals surface area contributed by atoms with E-state index in [0.29, 0.717) is 22.6 Å². The summed E-state index contributed by atoms with van der Waals surface area (Å²) >= 11 is 0. The summed E-state index contributed by atoms with van der Waals surface area (Å²) in [7, 11) is -2.44. The predicted octanol–water partition coefficient (Wildman–Crippen LogP) is 3.85. The van der Waals surface area contributed by atoms with Crippen LogP contribution >= 0.6 is 0 Å². The molecule has 0 radical (unpaired) electrons. The molecule has 0 saturated heterocycles. The third-order valence-electron chi connectivity index (χ3n) is 4.67. The quantitative estimate of drug-likeness (QED) is 0.464. The average Bonchev–Trinajstić information content (AvgIpc) is 2.79. The van der Waals surface area contributed by atoms with Crippen molar-refractivity contribution in [3.63, 3.8) is 0 Å². The van der Waals surface area contributed by atoms with Gasteiger partial charge < -0.3 is 20.7 Å². The molecule has 3 N–H and O–H groups in total. The molecule has 3 rings (SSSR count). The van der Waals surface area contributed by atoms with Gasteiger partial charge >= 0.3 is 0 Å². The van der Waals surface area contributed by atoms with E-state index in [0.717, 1.165) is 0 Å². The van der Waals surface area contributed by atoms with Gasteiger partial charge in [-0.05, 0) is 61.0 Å². The van der Waals surface area contributed by atoms with E-state index in [9.17, 15) is 18.0 Å². The molecule has 0 heterocycles. The molecule has 3 aromatic carbocycles. The Hall–Kier alpha value is -3.85. The molecule has 0 spiro atoms. The second-order valence-electron chi connectivity index (χ2n) is 7.32. The number of amides is 2. The number of carbonyl (C=O) groups is 2. The molecule has 0 bridgehead atoms. The number of carbonyl (C=O) groups excluding carboxylic acids is 2. The van der Waals surface area contributed by atoms with Gasteiger partial charge in [-0.25, -0.2) is 8.42 Å². The molecule has 0 aliphatic rings. The van der Waals surface area contributed by atoms with Gasteiger partial charge in [-0.15, -0.1) is 0 Å². The molecule has 0 unspecified atom stereocenters. The summed E-state index contributed by atoms with van der Waals surface area (Å²) < 4.78 is 31.8. The maximum Gasteiger partial charge on any atom is 0.243 e. The molecule has 33 heavy (non-hydrogen) atoms. The average molecular weight is 468 g/mol. The highest BCUT2D eigenvalue weighted by molar-refractivity contribution is 7.91. The van der Waals surface area contributed by atoms with E-state index in [1.807, 2.05) is 0 Å². The topological polar surface area (TPSA) is 114 Å². The Morgan fingerprint density at radius 1 is 0.909 bits per heavy atom. The smallest absolute Gasteiger partial charge is 0.243 e. The van der Waals surface area contributed by atoms with Crippen LogP contribution in [0.4, 0.5) is 17.1 Å². The summed E-state index contributed by atoms with van der Waals surface area (Å²) in [5, 5.41) is 8.36. The van der Waals surface area contributed by atoms with E-state index >= 15 is 0 Å². The number of nitrogens with one attached hydrogen (secondary N) is 3. The van der Waals surface area contributed by atoms with Gasteiger partial charge in [0, 0.05) is 18.3 Å². The number of anilines is 3. The molecule has 0 aliphatic carbocycles. The first-order valence-corrected chi connectivity index (χ1v) is 11.6. The number of hydrogen-bond acceptors (Lipinski definition) is 6. The molecular weight excluding hydrogens is 442 g/mol. The highest BCUT2D eigenvalue weighted by Gasteiger charge is 2.25. The van der Waals surface area contributed by atoms with Crippen LogP contribution in [0.1, 0.15) is 12.5 Å². The van der Waals surface area contributed by atoms with Gasteiger partial charge in [-0.3, -0.25) is 9.59 Å². The minimum absolute atomic E-state index is 0.0210. The van der Waals surface area contributed by atoms with Gasteiger partial charge in [0.15, 0.2) is 5.75 Å². The van der Waals surface area contributed by atoms with Crippen molar-refractivity contribution >= 4 is 38.7 Å². The molecule has 0 fully saturated rings. The highest BCUT2D eigenvalue weighted by atomic mass is 32.2. The zero-order valence-electron chi connectivity index (χ0n) is 18.5. The molecule has 0 saturated carbocycles. The second kappa shape index (κ2) is 10.2. The normalized spacial score (nSPS) is 10.9. The van der Waals surface area contributed by atoms with E-state index in [1.165, 1.54) is 26.2 Å². The Labute approximate surface area is 192 Å². The van der Waals surface area contributed by atoms with Crippen LogP contribution in [0.5, 0.6) is 5.75 Å². The van der Waals surface area contributed by atoms with Crippen LogP contribution < -0.4 is 20.7 Å². The molecule has 0 aliphatic heterocycles. The highest BCUT2D eigenvalue weighted by Crippen LogP contribution is 2.36. The number of ether oxygens (including phenoxy) is 1. The van der Waals surface area contributed by atoms with E-state index in [1.54, 1.807) is 61.5 Å². The standard InChI is InChI=1S/C24H25N3O5S/c1-16-13-21(24(32-3)22(14-16)33(30,31)20-7-5-4-6-8-20)25-15-23(29)27-19-11-9-18(10-12-19)26-17(2)28/h4-14,25H,15H2,1-3H3,(H,26,28)(H,27,29). The first-order valence-electron chi connectivity index (χ1n) is 10.1.